The fourth-order valence-electron chi connectivity index (χ4n) is 2.95. The molecule has 5 nitrogen and oxygen atoms in total. The molecule has 126 valence electrons. The number of fused-ring (bicyclic) bond motifs is 1. The number of benzene rings is 2. The average Bonchev–Trinajstić information content (AvgIpc) is 2.72. The van der Waals surface area contributed by atoms with Crippen molar-refractivity contribution in [2.45, 2.75) is 23.8 Å². The van der Waals surface area contributed by atoms with Crippen molar-refractivity contribution in [1.82, 2.24) is 9.62 Å². The summed E-state index contributed by atoms with van der Waals surface area (Å²) in [5, 5.41) is 0. The van der Waals surface area contributed by atoms with Crippen LogP contribution in [0.1, 0.15) is 22.3 Å². The maximum atomic E-state index is 12.6. The molecule has 0 saturated carbocycles. The third-order valence-corrected chi connectivity index (χ3v) is 5.86. The number of hydrogen-bond donors (Lipinski definition) is 1. The maximum Gasteiger partial charge on any atom is 0.254 e. The number of aryl methyl sites for hydroxylation is 1. The first kappa shape index (κ1) is 16.7. The third-order valence-electron chi connectivity index (χ3n) is 4.43. The van der Waals surface area contributed by atoms with Crippen LogP contribution in [0.2, 0.25) is 0 Å². The Balaban J connectivity index is 1.74. The van der Waals surface area contributed by atoms with Crippen LogP contribution in [0.5, 0.6) is 0 Å². The monoisotopic (exact) mass is 344 g/mol. The zero-order valence-electron chi connectivity index (χ0n) is 13.5. The highest BCUT2D eigenvalue weighted by molar-refractivity contribution is 7.89. The highest BCUT2D eigenvalue weighted by Gasteiger charge is 2.28. The molecule has 1 atom stereocenters. The standard InChI is InChI=1S/C18H20N2O3S/c1-20-15(12-11-14-7-5-6-10-17(14)18(20)21)13-19-24(22,23)16-8-3-2-4-9-16/h2-10,15,19H,11-13H2,1H3. The molecule has 1 aliphatic heterocycles. The zero-order chi connectivity index (χ0) is 17.2. The summed E-state index contributed by atoms with van der Waals surface area (Å²) in [5.41, 5.74) is 1.72. The summed E-state index contributed by atoms with van der Waals surface area (Å²) >= 11 is 0. The van der Waals surface area contributed by atoms with Crippen LogP contribution >= 0.6 is 0 Å². The molecule has 0 spiro atoms. The molecule has 1 heterocycles. The molecule has 1 N–H and O–H groups in total. The Labute approximate surface area is 142 Å². The molecule has 6 heteroatoms. The molecule has 0 aliphatic carbocycles. The van der Waals surface area contributed by atoms with Crippen molar-refractivity contribution in [2.24, 2.45) is 0 Å². The van der Waals surface area contributed by atoms with E-state index in [1.54, 1.807) is 42.3 Å². The van der Waals surface area contributed by atoms with E-state index in [4.69, 9.17) is 0 Å². The number of hydrogen-bond acceptors (Lipinski definition) is 3. The van der Waals surface area contributed by atoms with E-state index in [2.05, 4.69) is 4.72 Å². The van der Waals surface area contributed by atoms with Crippen LogP contribution in [0.3, 0.4) is 0 Å². The minimum atomic E-state index is -3.57. The van der Waals surface area contributed by atoms with Gasteiger partial charge >= 0.3 is 0 Å². The number of likely N-dealkylation sites (N-methyl/N-ethyl adjacent to an activating group) is 1. The highest BCUT2D eigenvalue weighted by atomic mass is 32.2. The molecule has 2 aromatic carbocycles. The predicted octanol–water partition coefficient (Wildman–Crippen LogP) is 2.05. The summed E-state index contributed by atoms with van der Waals surface area (Å²) < 4.78 is 27.3. The van der Waals surface area contributed by atoms with E-state index in [1.165, 1.54) is 0 Å². The summed E-state index contributed by atoms with van der Waals surface area (Å²) in [5.74, 6) is -0.0630. The second-order valence-corrected chi connectivity index (χ2v) is 7.70. The maximum absolute atomic E-state index is 12.6. The van der Waals surface area contributed by atoms with Gasteiger partial charge in [0.25, 0.3) is 5.91 Å². The van der Waals surface area contributed by atoms with Crippen molar-refractivity contribution in [3.05, 3.63) is 65.7 Å². The van der Waals surface area contributed by atoms with Crippen LogP contribution in [0, 0.1) is 0 Å². The van der Waals surface area contributed by atoms with Gasteiger partial charge < -0.3 is 4.90 Å². The van der Waals surface area contributed by atoms with E-state index in [1.807, 2.05) is 24.3 Å². The molecule has 0 radical (unpaired) electrons. The van der Waals surface area contributed by atoms with Gasteiger partial charge in [-0.2, -0.15) is 0 Å². The Morgan fingerprint density at radius 2 is 1.75 bits per heavy atom. The fourth-order valence-corrected chi connectivity index (χ4v) is 4.04. The third kappa shape index (κ3) is 3.34. The Morgan fingerprint density at radius 3 is 2.50 bits per heavy atom. The first-order chi connectivity index (χ1) is 11.5. The summed E-state index contributed by atoms with van der Waals surface area (Å²) in [7, 11) is -1.84. The van der Waals surface area contributed by atoms with E-state index in [0.29, 0.717) is 5.56 Å². The summed E-state index contributed by atoms with van der Waals surface area (Å²) in [6.45, 7) is 0.202. The first-order valence-corrected chi connectivity index (χ1v) is 9.37. The lowest BCUT2D eigenvalue weighted by Crippen LogP contribution is -2.44. The van der Waals surface area contributed by atoms with Crippen molar-refractivity contribution in [2.75, 3.05) is 13.6 Å². The average molecular weight is 344 g/mol. The molecule has 2 aromatic rings. The molecule has 0 fully saturated rings. The molecule has 0 bridgehead atoms. The Kier molecular flexibility index (Phi) is 4.69. The molecular formula is C18H20N2O3S. The molecule has 0 aromatic heterocycles. The van der Waals surface area contributed by atoms with Gasteiger partial charge in [0.2, 0.25) is 10.0 Å². The number of nitrogens with zero attached hydrogens (tertiary/aromatic N) is 1. The summed E-state index contributed by atoms with van der Waals surface area (Å²) in [6.07, 6.45) is 1.47. The van der Waals surface area contributed by atoms with Crippen LogP contribution in [0.25, 0.3) is 0 Å². The lowest BCUT2D eigenvalue weighted by atomic mass is 10.0. The van der Waals surface area contributed by atoms with E-state index in [0.717, 1.165) is 18.4 Å². The van der Waals surface area contributed by atoms with Gasteiger partial charge in [0.1, 0.15) is 0 Å². The normalized spacial score (nSPS) is 18.1. The van der Waals surface area contributed by atoms with Crippen molar-refractivity contribution < 1.29 is 13.2 Å². The van der Waals surface area contributed by atoms with Crippen LogP contribution in [-0.2, 0) is 16.4 Å². The van der Waals surface area contributed by atoms with Crippen LogP contribution < -0.4 is 4.72 Å². The van der Waals surface area contributed by atoms with Crippen LogP contribution in [-0.4, -0.2) is 38.9 Å². The van der Waals surface area contributed by atoms with Crippen LogP contribution in [0.4, 0.5) is 0 Å². The van der Waals surface area contributed by atoms with E-state index in [-0.39, 0.29) is 23.4 Å². The second kappa shape index (κ2) is 6.75. The van der Waals surface area contributed by atoms with Gasteiger partial charge in [0.05, 0.1) is 4.90 Å². The molecule has 1 unspecified atom stereocenters. The topological polar surface area (TPSA) is 66.5 Å². The fraction of sp³-hybridized carbons (Fsp3) is 0.278. The quantitative estimate of drug-likeness (QED) is 0.923. The number of sulfonamides is 1. The molecule has 1 amide bonds. The minimum absolute atomic E-state index is 0.0630. The molecule has 24 heavy (non-hydrogen) atoms. The van der Waals surface area contributed by atoms with Gasteiger partial charge in [0, 0.05) is 25.2 Å². The minimum Gasteiger partial charge on any atom is -0.337 e. The Hall–Kier alpha value is -2.18. The van der Waals surface area contributed by atoms with Gasteiger partial charge in [-0.25, -0.2) is 13.1 Å². The van der Waals surface area contributed by atoms with E-state index >= 15 is 0 Å². The highest BCUT2D eigenvalue weighted by Crippen LogP contribution is 2.21. The molecule has 3 rings (SSSR count). The lowest BCUT2D eigenvalue weighted by Gasteiger charge is -2.26. The molecule has 0 saturated heterocycles. The first-order valence-electron chi connectivity index (χ1n) is 7.89. The van der Waals surface area contributed by atoms with Crippen molar-refractivity contribution in [1.29, 1.82) is 0 Å². The Bertz CT molecular complexity index is 834. The van der Waals surface area contributed by atoms with Gasteiger partial charge in [-0.15, -0.1) is 0 Å². The number of carbonyl (C=O) groups is 1. The van der Waals surface area contributed by atoms with Gasteiger partial charge in [-0.05, 0) is 36.6 Å². The predicted molar refractivity (Wildman–Crippen MR) is 92.3 cm³/mol. The van der Waals surface area contributed by atoms with Gasteiger partial charge in [-0.3, -0.25) is 4.79 Å². The van der Waals surface area contributed by atoms with Crippen molar-refractivity contribution in [3.8, 4) is 0 Å². The van der Waals surface area contributed by atoms with E-state index < -0.39 is 10.0 Å². The summed E-state index contributed by atoms with van der Waals surface area (Å²) in [4.78, 5) is 14.5. The SMILES string of the molecule is CN1C(=O)c2ccccc2CCC1CNS(=O)(=O)c1ccccc1. The van der Waals surface area contributed by atoms with E-state index in [9.17, 15) is 13.2 Å². The molecule has 1 aliphatic rings. The number of nitrogens with one attached hydrogen (secondary N) is 1. The second-order valence-electron chi connectivity index (χ2n) is 5.93. The Morgan fingerprint density at radius 1 is 1.08 bits per heavy atom. The smallest absolute Gasteiger partial charge is 0.254 e. The number of carbonyl (C=O) groups excluding carboxylic acids is 1. The van der Waals surface area contributed by atoms with Gasteiger partial charge in [-0.1, -0.05) is 36.4 Å². The van der Waals surface area contributed by atoms with Gasteiger partial charge in [0.15, 0.2) is 0 Å². The van der Waals surface area contributed by atoms with Crippen molar-refractivity contribution >= 4 is 15.9 Å². The number of rotatable bonds is 4. The summed E-state index contributed by atoms with van der Waals surface area (Å²) in [6, 6.07) is 15.6. The van der Waals surface area contributed by atoms with Crippen molar-refractivity contribution in [3.63, 3.8) is 0 Å². The largest absolute Gasteiger partial charge is 0.337 e. The van der Waals surface area contributed by atoms with Crippen LogP contribution in [0.15, 0.2) is 59.5 Å². The zero-order valence-corrected chi connectivity index (χ0v) is 14.3. The number of amides is 1. The molecular weight excluding hydrogens is 324 g/mol. The lowest BCUT2D eigenvalue weighted by molar-refractivity contribution is 0.0737.